The molecule has 0 spiro atoms. The van der Waals surface area contributed by atoms with E-state index in [-0.39, 0.29) is 5.82 Å². The molecule has 0 saturated heterocycles. The van der Waals surface area contributed by atoms with Crippen molar-refractivity contribution in [2.75, 3.05) is 5.32 Å². The third kappa shape index (κ3) is 3.46. The van der Waals surface area contributed by atoms with Gasteiger partial charge in [0, 0.05) is 26.7 Å². The van der Waals surface area contributed by atoms with Gasteiger partial charge in [-0.15, -0.1) is 0 Å². The topological polar surface area (TPSA) is 12.0 Å². The maximum absolute atomic E-state index is 13.5. The van der Waals surface area contributed by atoms with Crippen LogP contribution in [-0.2, 0) is 6.54 Å². The molecule has 0 aliphatic rings. The molecule has 2 rings (SSSR count). The molecule has 0 radical (unpaired) electrons. The summed E-state index contributed by atoms with van der Waals surface area (Å²) in [5, 5.41) is 3.79. The van der Waals surface area contributed by atoms with Crippen molar-refractivity contribution >= 4 is 49.1 Å². The van der Waals surface area contributed by atoms with Crippen LogP contribution in [0.25, 0.3) is 0 Å². The summed E-state index contributed by atoms with van der Waals surface area (Å²) in [4.78, 5) is 0. The maximum Gasteiger partial charge on any atom is 0.128 e. The van der Waals surface area contributed by atoms with E-state index in [1.165, 1.54) is 6.07 Å². The van der Waals surface area contributed by atoms with Gasteiger partial charge in [-0.3, -0.25) is 0 Å². The van der Waals surface area contributed by atoms with Gasteiger partial charge in [0.05, 0.1) is 5.02 Å². The van der Waals surface area contributed by atoms with Crippen LogP contribution in [0.1, 0.15) is 5.56 Å². The zero-order valence-electron chi connectivity index (χ0n) is 9.18. The summed E-state index contributed by atoms with van der Waals surface area (Å²) in [6.45, 7) is 0.416. The number of benzene rings is 2. The minimum atomic E-state index is -0.223. The van der Waals surface area contributed by atoms with Crippen LogP contribution in [0.15, 0.2) is 45.3 Å². The Morgan fingerprint density at radius 3 is 2.61 bits per heavy atom. The van der Waals surface area contributed by atoms with Crippen molar-refractivity contribution in [3.8, 4) is 0 Å². The van der Waals surface area contributed by atoms with E-state index in [1.807, 2.05) is 12.1 Å². The quantitative estimate of drug-likeness (QED) is 0.714. The third-order valence-electron chi connectivity index (χ3n) is 2.41. The molecule has 5 heteroatoms. The molecule has 1 N–H and O–H groups in total. The Kier molecular flexibility index (Phi) is 4.65. The molecule has 0 aliphatic carbocycles. The molecule has 18 heavy (non-hydrogen) atoms. The highest BCUT2D eigenvalue weighted by Gasteiger charge is 2.03. The molecule has 0 unspecified atom stereocenters. The number of anilines is 1. The number of nitrogens with one attached hydrogen (secondary N) is 1. The lowest BCUT2D eigenvalue weighted by atomic mass is 10.2. The highest BCUT2D eigenvalue weighted by molar-refractivity contribution is 9.10. The lowest BCUT2D eigenvalue weighted by molar-refractivity contribution is 0.612. The number of hydrogen-bond donors (Lipinski definition) is 1. The van der Waals surface area contributed by atoms with Crippen LogP contribution in [0, 0.1) is 5.82 Å². The van der Waals surface area contributed by atoms with E-state index in [0.29, 0.717) is 17.1 Å². The van der Waals surface area contributed by atoms with Gasteiger partial charge in [-0.05, 0) is 52.3 Å². The third-order valence-corrected chi connectivity index (χ3v) is 4.12. The largest absolute Gasteiger partial charge is 0.381 e. The fourth-order valence-electron chi connectivity index (χ4n) is 1.48. The van der Waals surface area contributed by atoms with Gasteiger partial charge in [0.15, 0.2) is 0 Å². The molecule has 0 atom stereocenters. The monoisotopic (exact) mass is 391 g/mol. The van der Waals surface area contributed by atoms with E-state index >= 15 is 0 Å². The van der Waals surface area contributed by atoms with Crippen molar-refractivity contribution in [3.63, 3.8) is 0 Å². The summed E-state index contributed by atoms with van der Waals surface area (Å²) >= 11 is 12.6. The smallest absolute Gasteiger partial charge is 0.128 e. The van der Waals surface area contributed by atoms with Crippen LogP contribution >= 0.6 is 43.5 Å². The summed E-state index contributed by atoms with van der Waals surface area (Å²) in [7, 11) is 0. The molecular formula is C13H9Br2ClFN. The van der Waals surface area contributed by atoms with Gasteiger partial charge in [-0.1, -0.05) is 27.5 Å². The Balaban J connectivity index is 2.11. The lowest BCUT2D eigenvalue weighted by Crippen LogP contribution is -2.01. The predicted octanol–water partition coefficient (Wildman–Crippen LogP) is 5.62. The summed E-state index contributed by atoms with van der Waals surface area (Å²) < 4.78 is 15.2. The zero-order valence-corrected chi connectivity index (χ0v) is 13.1. The maximum atomic E-state index is 13.5. The zero-order chi connectivity index (χ0) is 13.1. The standard InChI is InChI=1S/C13H9Br2ClFN/c14-9-1-4-13(17)8(5-9)7-18-10-2-3-12(16)11(15)6-10/h1-6,18H,7H2. The molecule has 0 aliphatic heterocycles. The number of halogens is 4. The van der Waals surface area contributed by atoms with Crippen molar-refractivity contribution < 1.29 is 4.39 Å². The van der Waals surface area contributed by atoms with Crippen molar-refractivity contribution in [1.82, 2.24) is 0 Å². The first-order valence-corrected chi connectivity index (χ1v) is 7.15. The first kappa shape index (κ1) is 13.8. The van der Waals surface area contributed by atoms with Gasteiger partial charge in [0.1, 0.15) is 5.82 Å². The Morgan fingerprint density at radius 1 is 1.11 bits per heavy atom. The Labute approximate surface area is 127 Å². The molecular weight excluding hydrogens is 384 g/mol. The van der Waals surface area contributed by atoms with Crippen molar-refractivity contribution in [3.05, 3.63) is 61.7 Å². The normalized spacial score (nSPS) is 10.4. The second-order valence-electron chi connectivity index (χ2n) is 3.72. The summed E-state index contributed by atoms with van der Waals surface area (Å²) in [6.07, 6.45) is 0. The van der Waals surface area contributed by atoms with Crippen LogP contribution in [-0.4, -0.2) is 0 Å². The summed E-state index contributed by atoms with van der Waals surface area (Å²) in [5.74, 6) is -0.223. The highest BCUT2D eigenvalue weighted by Crippen LogP contribution is 2.26. The minimum absolute atomic E-state index is 0.223. The average molecular weight is 393 g/mol. The van der Waals surface area contributed by atoms with Crippen LogP contribution in [0.2, 0.25) is 5.02 Å². The van der Waals surface area contributed by atoms with Gasteiger partial charge in [0.25, 0.3) is 0 Å². The van der Waals surface area contributed by atoms with Crippen LogP contribution < -0.4 is 5.32 Å². The van der Waals surface area contributed by atoms with Gasteiger partial charge < -0.3 is 5.32 Å². The minimum Gasteiger partial charge on any atom is -0.381 e. The molecule has 94 valence electrons. The SMILES string of the molecule is Fc1ccc(Br)cc1CNc1ccc(Cl)c(Br)c1. The van der Waals surface area contributed by atoms with Gasteiger partial charge in [-0.2, -0.15) is 0 Å². The van der Waals surface area contributed by atoms with Crippen LogP contribution in [0.3, 0.4) is 0 Å². The van der Waals surface area contributed by atoms with Gasteiger partial charge >= 0.3 is 0 Å². The van der Waals surface area contributed by atoms with Crippen molar-refractivity contribution in [2.24, 2.45) is 0 Å². The summed E-state index contributed by atoms with van der Waals surface area (Å²) in [5.41, 5.74) is 1.49. The number of rotatable bonds is 3. The predicted molar refractivity (Wildman–Crippen MR) is 80.6 cm³/mol. The number of hydrogen-bond acceptors (Lipinski definition) is 1. The van der Waals surface area contributed by atoms with Crippen LogP contribution in [0.5, 0.6) is 0 Å². The molecule has 0 fully saturated rings. The van der Waals surface area contributed by atoms with E-state index in [1.54, 1.807) is 18.2 Å². The average Bonchev–Trinajstić information content (AvgIpc) is 2.34. The molecule has 0 aromatic heterocycles. The molecule has 2 aromatic carbocycles. The second-order valence-corrected chi connectivity index (χ2v) is 5.90. The van der Waals surface area contributed by atoms with E-state index in [9.17, 15) is 4.39 Å². The molecule has 0 saturated carbocycles. The van der Waals surface area contributed by atoms with Crippen LogP contribution in [0.4, 0.5) is 10.1 Å². The van der Waals surface area contributed by atoms with Crippen molar-refractivity contribution in [2.45, 2.75) is 6.54 Å². The molecule has 0 bridgehead atoms. The van der Waals surface area contributed by atoms with E-state index < -0.39 is 0 Å². The Morgan fingerprint density at radius 2 is 1.89 bits per heavy atom. The molecule has 0 amide bonds. The van der Waals surface area contributed by atoms with Crippen molar-refractivity contribution in [1.29, 1.82) is 0 Å². The molecule has 1 nitrogen and oxygen atoms in total. The van der Waals surface area contributed by atoms with E-state index in [4.69, 9.17) is 11.6 Å². The van der Waals surface area contributed by atoms with Gasteiger partial charge in [0.2, 0.25) is 0 Å². The highest BCUT2D eigenvalue weighted by atomic mass is 79.9. The Hall–Kier alpha value is -0.580. The fraction of sp³-hybridized carbons (Fsp3) is 0.0769. The van der Waals surface area contributed by atoms with Gasteiger partial charge in [-0.25, -0.2) is 4.39 Å². The summed E-state index contributed by atoms with van der Waals surface area (Å²) in [6, 6.07) is 10.4. The lowest BCUT2D eigenvalue weighted by Gasteiger charge is -2.09. The first-order chi connectivity index (χ1) is 8.56. The fourth-order valence-corrected chi connectivity index (χ4v) is 2.39. The molecule has 0 heterocycles. The molecule has 2 aromatic rings. The van der Waals surface area contributed by atoms with E-state index in [0.717, 1.165) is 14.6 Å². The van der Waals surface area contributed by atoms with E-state index in [2.05, 4.69) is 37.2 Å². The Bertz CT molecular complexity index is 575. The first-order valence-electron chi connectivity index (χ1n) is 5.19. The second kappa shape index (κ2) is 6.04.